The molecule has 2 amide bonds. The second-order valence-electron chi connectivity index (χ2n) is 7.00. The molecule has 0 aliphatic rings. The fourth-order valence-electron chi connectivity index (χ4n) is 2.93. The van der Waals surface area contributed by atoms with Gasteiger partial charge in [0, 0.05) is 10.5 Å². The van der Waals surface area contributed by atoms with E-state index in [1.54, 1.807) is 54.6 Å². The van der Waals surface area contributed by atoms with Gasteiger partial charge in [0.1, 0.15) is 11.5 Å². The lowest BCUT2D eigenvalue weighted by Gasteiger charge is -2.11. The Kier molecular flexibility index (Phi) is 9.01. The van der Waals surface area contributed by atoms with Gasteiger partial charge in [-0.1, -0.05) is 12.1 Å². The summed E-state index contributed by atoms with van der Waals surface area (Å²) in [4.78, 5) is 36.8. The van der Waals surface area contributed by atoms with Crippen LogP contribution in [-0.2, 0) is 9.59 Å². The van der Waals surface area contributed by atoms with Gasteiger partial charge < -0.3 is 24.3 Å². The number of rotatable bonds is 8. The number of ether oxygens (including phenoxy) is 4. The molecule has 0 unspecified atom stereocenters. The monoisotopic (exact) mass is 555 g/mol. The van der Waals surface area contributed by atoms with E-state index in [0.29, 0.717) is 32.8 Å². The van der Waals surface area contributed by atoms with Crippen molar-refractivity contribution in [3.05, 3.63) is 76.3 Å². The normalized spacial score (nSPS) is 10.4. The maximum atomic E-state index is 12.5. The van der Waals surface area contributed by atoms with Crippen LogP contribution in [0, 0.1) is 0 Å². The molecule has 0 bridgehead atoms. The summed E-state index contributed by atoms with van der Waals surface area (Å²) < 4.78 is 21.6. The van der Waals surface area contributed by atoms with Gasteiger partial charge in [0.15, 0.2) is 11.5 Å². The molecule has 11 heteroatoms. The van der Waals surface area contributed by atoms with Crippen molar-refractivity contribution < 1.29 is 33.3 Å². The molecule has 3 aromatic rings. The molecule has 3 aromatic carbocycles. The number of hydrogen-bond acceptors (Lipinski definition) is 8. The Morgan fingerprint density at radius 2 is 1.58 bits per heavy atom. The van der Waals surface area contributed by atoms with E-state index < -0.39 is 17.8 Å². The van der Waals surface area contributed by atoms with Crippen LogP contribution in [0.25, 0.3) is 0 Å². The quantitative estimate of drug-likeness (QED) is 0.142. The van der Waals surface area contributed by atoms with Crippen LogP contribution in [0.15, 0.2) is 70.2 Å². The zero-order chi connectivity index (χ0) is 26.1. The Hall–Kier alpha value is -4.38. The largest absolute Gasteiger partial charge is 0.497 e. The molecule has 186 valence electrons. The molecule has 0 fully saturated rings. The first kappa shape index (κ1) is 26.2. The molecular formula is C25H22BrN3O7. The third-order valence-electron chi connectivity index (χ3n) is 4.73. The van der Waals surface area contributed by atoms with Crippen LogP contribution in [0.5, 0.6) is 23.0 Å². The Morgan fingerprint density at radius 1 is 0.833 bits per heavy atom. The van der Waals surface area contributed by atoms with Crippen molar-refractivity contribution in [3.63, 3.8) is 0 Å². The van der Waals surface area contributed by atoms with Crippen molar-refractivity contribution in [2.75, 3.05) is 26.6 Å². The second kappa shape index (κ2) is 12.4. The minimum atomic E-state index is -0.991. The predicted octanol–water partition coefficient (Wildman–Crippen LogP) is 3.78. The highest BCUT2D eigenvalue weighted by Gasteiger charge is 2.17. The highest BCUT2D eigenvalue weighted by molar-refractivity contribution is 9.10. The van der Waals surface area contributed by atoms with Crippen molar-refractivity contribution >= 4 is 45.6 Å². The lowest BCUT2D eigenvalue weighted by molar-refractivity contribution is -0.136. The number of hydrogen-bond donors (Lipinski definition) is 2. The molecule has 36 heavy (non-hydrogen) atoms. The highest BCUT2D eigenvalue weighted by Crippen LogP contribution is 2.30. The van der Waals surface area contributed by atoms with Crippen LogP contribution in [0.1, 0.15) is 15.9 Å². The predicted molar refractivity (Wildman–Crippen MR) is 136 cm³/mol. The molecule has 10 nitrogen and oxygen atoms in total. The zero-order valence-electron chi connectivity index (χ0n) is 19.5. The van der Waals surface area contributed by atoms with Crippen LogP contribution < -0.4 is 29.7 Å². The number of carbonyl (C=O) groups excluding carboxylic acids is 3. The fourth-order valence-corrected chi connectivity index (χ4v) is 3.37. The van der Waals surface area contributed by atoms with Crippen molar-refractivity contribution in [3.8, 4) is 23.0 Å². The summed E-state index contributed by atoms with van der Waals surface area (Å²) in [6.45, 7) is 0. The van der Waals surface area contributed by atoms with Crippen LogP contribution >= 0.6 is 15.9 Å². The zero-order valence-corrected chi connectivity index (χ0v) is 21.1. The molecule has 0 aromatic heterocycles. The smallest absolute Gasteiger partial charge is 0.344 e. The van der Waals surface area contributed by atoms with Gasteiger partial charge in [-0.05, 0) is 64.0 Å². The first-order valence-electron chi connectivity index (χ1n) is 10.4. The molecule has 0 heterocycles. The molecular weight excluding hydrogens is 534 g/mol. The number of hydrazone groups is 1. The molecule has 0 radical (unpaired) electrons. The third kappa shape index (κ3) is 6.60. The van der Waals surface area contributed by atoms with Gasteiger partial charge in [-0.2, -0.15) is 5.10 Å². The van der Waals surface area contributed by atoms with Gasteiger partial charge in [0.2, 0.25) is 0 Å². The number of halogens is 1. The Balaban J connectivity index is 1.62. The molecule has 2 N–H and O–H groups in total. The summed E-state index contributed by atoms with van der Waals surface area (Å²) in [6, 6.07) is 16.3. The van der Waals surface area contributed by atoms with Crippen molar-refractivity contribution in [1.82, 2.24) is 5.43 Å². The average Bonchev–Trinajstić information content (AvgIpc) is 2.89. The molecule has 0 spiro atoms. The first-order chi connectivity index (χ1) is 17.4. The number of benzene rings is 3. The van der Waals surface area contributed by atoms with Gasteiger partial charge in [-0.25, -0.2) is 10.2 Å². The van der Waals surface area contributed by atoms with E-state index in [1.165, 1.54) is 33.6 Å². The van der Waals surface area contributed by atoms with E-state index in [1.807, 2.05) is 0 Å². The topological polar surface area (TPSA) is 125 Å². The summed E-state index contributed by atoms with van der Waals surface area (Å²) in [5.41, 5.74) is 3.31. The van der Waals surface area contributed by atoms with E-state index in [-0.39, 0.29) is 11.5 Å². The van der Waals surface area contributed by atoms with Gasteiger partial charge in [-0.15, -0.1) is 0 Å². The number of amides is 2. The molecule has 0 atom stereocenters. The van der Waals surface area contributed by atoms with Gasteiger partial charge in [-0.3, -0.25) is 9.59 Å². The van der Waals surface area contributed by atoms with Crippen molar-refractivity contribution in [2.24, 2.45) is 5.10 Å². The van der Waals surface area contributed by atoms with Gasteiger partial charge in [0.05, 0.1) is 38.8 Å². The van der Waals surface area contributed by atoms with Crippen LogP contribution in [0.3, 0.4) is 0 Å². The fraction of sp³-hybridized carbons (Fsp3) is 0.120. The van der Waals surface area contributed by atoms with E-state index in [0.717, 1.165) is 0 Å². The van der Waals surface area contributed by atoms with Crippen LogP contribution in [0.4, 0.5) is 5.69 Å². The third-order valence-corrected chi connectivity index (χ3v) is 5.42. The van der Waals surface area contributed by atoms with Crippen molar-refractivity contribution in [1.29, 1.82) is 0 Å². The van der Waals surface area contributed by atoms with Crippen molar-refractivity contribution in [2.45, 2.75) is 0 Å². The number of esters is 1. The first-order valence-corrected chi connectivity index (χ1v) is 11.2. The Morgan fingerprint density at radius 3 is 2.28 bits per heavy atom. The number of carbonyl (C=O) groups is 3. The summed E-state index contributed by atoms with van der Waals surface area (Å²) >= 11 is 3.32. The lowest BCUT2D eigenvalue weighted by atomic mass is 10.2. The molecule has 0 aliphatic heterocycles. The minimum Gasteiger partial charge on any atom is -0.497 e. The maximum Gasteiger partial charge on any atom is 0.344 e. The van der Waals surface area contributed by atoms with Crippen LogP contribution in [-0.4, -0.2) is 45.3 Å². The van der Waals surface area contributed by atoms with E-state index in [4.69, 9.17) is 18.9 Å². The van der Waals surface area contributed by atoms with Crippen LogP contribution in [0.2, 0.25) is 0 Å². The van der Waals surface area contributed by atoms with E-state index in [9.17, 15) is 14.4 Å². The number of methoxy groups -OCH3 is 3. The van der Waals surface area contributed by atoms with E-state index in [2.05, 4.69) is 31.8 Å². The molecule has 3 rings (SSSR count). The summed E-state index contributed by atoms with van der Waals surface area (Å²) in [6.07, 6.45) is 1.31. The Bertz CT molecular complexity index is 1310. The van der Waals surface area contributed by atoms with Gasteiger partial charge >= 0.3 is 17.8 Å². The maximum absolute atomic E-state index is 12.5. The Labute approximate surface area is 215 Å². The number of anilines is 1. The highest BCUT2D eigenvalue weighted by atomic mass is 79.9. The molecule has 0 aliphatic carbocycles. The number of nitrogens with zero attached hydrogens (tertiary/aromatic N) is 1. The van der Waals surface area contributed by atoms with Gasteiger partial charge in [0.25, 0.3) is 0 Å². The average molecular weight is 556 g/mol. The molecule has 0 saturated carbocycles. The lowest BCUT2D eigenvalue weighted by Crippen LogP contribution is -2.32. The SMILES string of the molecule is COc1ccc(NC(=O)C(=O)NN=Cc2ccc(OC(=O)c3ccccc3Br)c(OC)c2)c(OC)c1. The summed E-state index contributed by atoms with van der Waals surface area (Å²) in [5.74, 6) is -1.16. The summed E-state index contributed by atoms with van der Waals surface area (Å²) in [7, 11) is 4.35. The summed E-state index contributed by atoms with van der Waals surface area (Å²) in [5, 5.41) is 6.24. The number of nitrogens with one attached hydrogen (secondary N) is 2. The second-order valence-corrected chi connectivity index (χ2v) is 7.85. The van der Waals surface area contributed by atoms with E-state index >= 15 is 0 Å². The minimum absolute atomic E-state index is 0.201. The molecule has 0 saturated heterocycles. The standard InChI is InChI=1S/C25H22BrN3O7/c1-33-16-9-10-19(21(13-16)34-2)28-23(30)24(31)29-27-14-15-8-11-20(22(12-15)35-3)36-25(32)17-6-4-5-7-18(17)26/h4-14H,1-3H3,(H,28,30)(H,29,31).